The number of H-pyrrole nitrogens is 1. The molecule has 2 heterocycles. The predicted molar refractivity (Wildman–Crippen MR) is 106 cm³/mol. The Morgan fingerprint density at radius 2 is 1.81 bits per heavy atom. The number of amides is 1. The number of aromatic amines is 1. The molecular formula is C17H14Cl2F3N5O4. The van der Waals surface area contributed by atoms with Gasteiger partial charge in [-0.15, -0.1) is 5.10 Å². The number of hydrogen-bond acceptors (Lipinski definition) is 7. The first-order chi connectivity index (χ1) is 14.4. The fraction of sp³-hybridized carbons (Fsp3) is 0.294. The summed E-state index contributed by atoms with van der Waals surface area (Å²) in [7, 11) is 0. The van der Waals surface area contributed by atoms with E-state index in [2.05, 4.69) is 15.3 Å². The standard InChI is InChI=1S/C17H14Cl2F3N5O4/c1-6(2)8-5-11(24-25-14(8)28)31-12-9(18)3-7(4-10(12)19)27-16(30)23-15(29)13(26-27)17(20,21)22/h3-6,16,30H,1-2H3,(H,23,29)(H,25,28). The summed E-state index contributed by atoms with van der Waals surface area (Å²) in [4.78, 5) is 23.3. The van der Waals surface area contributed by atoms with Gasteiger partial charge >= 0.3 is 6.18 Å². The maximum Gasteiger partial charge on any atom is 0.440 e. The topological polar surface area (TPSA) is 120 Å². The number of hydrogen-bond donors (Lipinski definition) is 3. The van der Waals surface area contributed by atoms with Crippen molar-refractivity contribution in [3.8, 4) is 11.6 Å². The molecule has 1 aromatic carbocycles. The first kappa shape index (κ1) is 22.8. The maximum atomic E-state index is 13.0. The van der Waals surface area contributed by atoms with Crippen LogP contribution in [0.5, 0.6) is 11.6 Å². The summed E-state index contributed by atoms with van der Waals surface area (Å²) in [6.07, 6.45) is -6.95. The fourth-order valence-corrected chi connectivity index (χ4v) is 3.15. The molecule has 9 nitrogen and oxygen atoms in total. The molecule has 0 radical (unpaired) electrons. The van der Waals surface area contributed by atoms with Crippen molar-refractivity contribution < 1.29 is 27.8 Å². The van der Waals surface area contributed by atoms with E-state index in [4.69, 9.17) is 27.9 Å². The van der Waals surface area contributed by atoms with Crippen LogP contribution in [0.25, 0.3) is 0 Å². The first-order valence-corrected chi connectivity index (χ1v) is 9.34. The Morgan fingerprint density at radius 1 is 1.19 bits per heavy atom. The lowest BCUT2D eigenvalue weighted by molar-refractivity contribution is -0.123. The van der Waals surface area contributed by atoms with Gasteiger partial charge in [-0.2, -0.15) is 18.3 Å². The van der Waals surface area contributed by atoms with Crippen molar-refractivity contribution in [3.63, 3.8) is 0 Å². The van der Waals surface area contributed by atoms with Crippen LogP contribution >= 0.6 is 23.2 Å². The fourth-order valence-electron chi connectivity index (χ4n) is 2.60. The summed E-state index contributed by atoms with van der Waals surface area (Å²) in [5.74, 6) is -1.84. The number of carbonyl (C=O) groups is 1. The highest BCUT2D eigenvalue weighted by Gasteiger charge is 2.45. The third-order valence-electron chi connectivity index (χ3n) is 4.07. The van der Waals surface area contributed by atoms with Gasteiger partial charge in [0, 0.05) is 11.6 Å². The van der Waals surface area contributed by atoms with Gasteiger partial charge in [0.05, 0.1) is 15.7 Å². The van der Waals surface area contributed by atoms with Gasteiger partial charge in [0.15, 0.2) is 5.75 Å². The second-order valence-electron chi connectivity index (χ2n) is 6.62. The Balaban J connectivity index is 1.97. The highest BCUT2D eigenvalue weighted by atomic mass is 35.5. The molecule has 1 amide bonds. The van der Waals surface area contributed by atoms with E-state index in [0.717, 1.165) is 12.1 Å². The monoisotopic (exact) mass is 479 g/mol. The molecule has 0 fully saturated rings. The lowest BCUT2D eigenvalue weighted by atomic mass is 10.1. The molecule has 1 aromatic heterocycles. The van der Waals surface area contributed by atoms with E-state index < -0.39 is 29.7 Å². The number of hydrazone groups is 1. The number of carbonyl (C=O) groups excluding carboxylic acids is 1. The summed E-state index contributed by atoms with van der Waals surface area (Å²) in [6, 6.07) is 3.64. The minimum absolute atomic E-state index is 0.0255. The van der Waals surface area contributed by atoms with E-state index in [9.17, 15) is 27.9 Å². The summed E-state index contributed by atoms with van der Waals surface area (Å²) >= 11 is 12.3. The quantitative estimate of drug-likeness (QED) is 0.619. The van der Waals surface area contributed by atoms with E-state index in [1.54, 1.807) is 19.2 Å². The van der Waals surface area contributed by atoms with E-state index in [-0.39, 0.29) is 33.3 Å². The minimum atomic E-state index is -5.05. The van der Waals surface area contributed by atoms with Gasteiger partial charge in [0.25, 0.3) is 11.5 Å². The van der Waals surface area contributed by atoms with Crippen LogP contribution < -0.4 is 20.6 Å². The lowest BCUT2D eigenvalue weighted by Gasteiger charge is -2.31. The smallest absolute Gasteiger partial charge is 0.434 e. The zero-order chi connectivity index (χ0) is 23.1. The number of aromatic nitrogens is 2. The summed E-state index contributed by atoms with van der Waals surface area (Å²) in [5, 5.41) is 21.0. The Kier molecular flexibility index (Phi) is 6.16. The summed E-state index contributed by atoms with van der Waals surface area (Å²) in [6.45, 7) is 3.59. The lowest BCUT2D eigenvalue weighted by Crippen LogP contribution is -2.56. The number of halogens is 5. The SMILES string of the molecule is CC(C)c1cc(Oc2c(Cl)cc(N3N=C(C(F)(F)F)C(=O)NC3O)cc2Cl)n[nH]c1=O. The molecule has 1 aliphatic heterocycles. The Morgan fingerprint density at radius 3 is 2.35 bits per heavy atom. The molecule has 1 unspecified atom stereocenters. The molecule has 1 atom stereocenters. The number of alkyl halides is 3. The third-order valence-corrected chi connectivity index (χ3v) is 4.63. The van der Waals surface area contributed by atoms with Gasteiger partial charge < -0.3 is 15.2 Å². The van der Waals surface area contributed by atoms with E-state index in [1.807, 2.05) is 0 Å². The zero-order valence-corrected chi connectivity index (χ0v) is 17.3. The van der Waals surface area contributed by atoms with Crippen molar-refractivity contribution in [3.05, 3.63) is 44.2 Å². The summed E-state index contributed by atoms with van der Waals surface area (Å²) < 4.78 is 44.5. The molecule has 1 aliphatic rings. The largest absolute Gasteiger partial charge is 0.440 e. The van der Waals surface area contributed by atoms with Crippen molar-refractivity contribution >= 4 is 40.5 Å². The van der Waals surface area contributed by atoms with Crippen LogP contribution in [0, 0.1) is 0 Å². The van der Waals surface area contributed by atoms with Crippen molar-refractivity contribution in [2.75, 3.05) is 5.01 Å². The number of benzene rings is 1. The molecule has 0 saturated heterocycles. The molecular weight excluding hydrogens is 466 g/mol. The Hall–Kier alpha value is -2.83. The molecule has 3 rings (SSSR count). The third kappa shape index (κ3) is 4.75. The predicted octanol–water partition coefficient (Wildman–Crippen LogP) is 3.12. The van der Waals surface area contributed by atoms with E-state index >= 15 is 0 Å². The van der Waals surface area contributed by atoms with E-state index in [0.29, 0.717) is 10.6 Å². The molecule has 166 valence electrons. The molecule has 0 bridgehead atoms. The number of nitrogens with zero attached hydrogens (tertiary/aromatic N) is 3. The van der Waals surface area contributed by atoms with Gasteiger partial charge in [0.2, 0.25) is 17.9 Å². The van der Waals surface area contributed by atoms with Gasteiger partial charge in [-0.05, 0) is 18.1 Å². The van der Waals surface area contributed by atoms with Crippen LogP contribution in [-0.4, -0.2) is 39.5 Å². The molecule has 0 spiro atoms. The molecule has 14 heteroatoms. The molecule has 3 N–H and O–H groups in total. The average molecular weight is 480 g/mol. The number of rotatable bonds is 4. The summed E-state index contributed by atoms with van der Waals surface area (Å²) in [5.41, 5.74) is -1.91. The van der Waals surface area contributed by atoms with Crippen LogP contribution in [0.4, 0.5) is 18.9 Å². The maximum absolute atomic E-state index is 13.0. The van der Waals surface area contributed by atoms with Crippen LogP contribution in [0.15, 0.2) is 28.1 Å². The molecule has 2 aromatic rings. The Bertz CT molecular complexity index is 1100. The molecule has 31 heavy (non-hydrogen) atoms. The van der Waals surface area contributed by atoms with Crippen molar-refractivity contribution in [2.45, 2.75) is 32.3 Å². The molecule has 0 saturated carbocycles. The minimum Gasteiger partial charge on any atom is -0.434 e. The van der Waals surface area contributed by atoms with Crippen molar-refractivity contribution in [2.24, 2.45) is 5.10 Å². The van der Waals surface area contributed by atoms with Crippen LogP contribution in [0.3, 0.4) is 0 Å². The number of aliphatic hydroxyl groups is 1. The van der Waals surface area contributed by atoms with Crippen LogP contribution in [0.1, 0.15) is 25.3 Å². The first-order valence-electron chi connectivity index (χ1n) is 8.59. The van der Waals surface area contributed by atoms with Crippen LogP contribution in [0.2, 0.25) is 10.0 Å². The average Bonchev–Trinajstić information content (AvgIpc) is 2.64. The number of nitrogens with one attached hydrogen (secondary N) is 2. The normalized spacial score (nSPS) is 16.9. The van der Waals surface area contributed by atoms with Crippen molar-refractivity contribution in [1.82, 2.24) is 15.5 Å². The number of aliphatic hydroxyl groups excluding tert-OH is 1. The van der Waals surface area contributed by atoms with Gasteiger partial charge in [-0.3, -0.25) is 9.59 Å². The van der Waals surface area contributed by atoms with Gasteiger partial charge in [-0.1, -0.05) is 37.0 Å². The van der Waals surface area contributed by atoms with Crippen LogP contribution in [-0.2, 0) is 4.79 Å². The molecule has 0 aliphatic carbocycles. The van der Waals surface area contributed by atoms with E-state index in [1.165, 1.54) is 6.07 Å². The van der Waals surface area contributed by atoms with Gasteiger partial charge in [0.1, 0.15) is 0 Å². The number of ether oxygens (including phenoxy) is 1. The number of anilines is 1. The highest BCUT2D eigenvalue weighted by molar-refractivity contribution is 6.42. The zero-order valence-electron chi connectivity index (χ0n) is 15.8. The second kappa shape index (κ2) is 8.36. The van der Waals surface area contributed by atoms with Crippen molar-refractivity contribution in [1.29, 1.82) is 0 Å². The highest BCUT2D eigenvalue weighted by Crippen LogP contribution is 2.40. The second-order valence-corrected chi connectivity index (χ2v) is 7.44. The van der Waals surface area contributed by atoms with Gasteiger partial charge in [-0.25, -0.2) is 10.1 Å². The Labute approximate surface area is 182 Å².